The monoisotopic (exact) mass is 486 g/mol. The molecule has 8 heteroatoms. The molecule has 2 heterocycles. The number of benzene rings is 2. The fourth-order valence-electron chi connectivity index (χ4n) is 3.26. The van der Waals surface area contributed by atoms with Crippen molar-refractivity contribution in [1.29, 1.82) is 0 Å². The van der Waals surface area contributed by atoms with Crippen LogP contribution in [0.5, 0.6) is 0 Å². The molecule has 1 amide bonds. The van der Waals surface area contributed by atoms with Crippen molar-refractivity contribution in [1.82, 2.24) is 10.3 Å². The lowest BCUT2D eigenvalue weighted by Gasteiger charge is -2.10. The number of amides is 1. The molecule has 1 aromatic heterocycles. The van der Waals surface area contributed by atoms with Gasteiger partial charge in [0.25, 0.3) is 5.91 Å². The van der Waals surface area contributed by atoms with Crippen molar-refractivity contribution in [3.05, 3.63) is 82.1 Å². The third-order valence-corrected chi connectivity index (χ3v) is 7.07. The maximum Gasteiger partial charge on any atom is 0.251 e. The Labute approximate surface area is 183 Å². The second-order valence-electron chi connectivity index (χ2n) is 6.92. The van der Waals surface area contributed by atoms with Crippen molar-refractivity contribution in [2.45, 2.75) is 18.0 Å². The van der Waals surface area contributed by atoms with Crippen LogP contribution >= 0.6 is 15.9 Å². The van der Waals surface area contributed by atoms with Gasteiger partial charge in [0.1, 0.15) is 0 Å². The number of hydrogen-bond donors (Lipinski definition) is 1. The highest BCUT2D eigenvalue weighted by Crippen LogP contribution is 2.24. The number of rotatable bonds is 4. The van der Waals surface area contributed by atoms with Gasteiger partial charge in [0.05, 0.1) is 36.1 Å². The second kappa shape index (κ2) is 8.67. The van der Waals surface area contributed by atoms with Gasteiger partial charge >= 0.3 is 0 Å². The van der Waals surface area contributed by atoms with Crippen LogP contribution in [0.2, 0.25) is 0 Å². The topological polar surface area (TPSA) is 85.4 Å². The van der Waals surface area contributed by atoms with Crippen LogP contribution in [-0.4, -0.2) is 31.7 Å². The maximum atomic E-state index is 12.6. The Bertz CT molecular complexity index is 1210. The fourth-order valence-corrected chi connectivity index (χ4v) is 5.05. The summed E-state index contributed by atoms with van der Waals surface area (Å²) in [7, 11) is -3.46. The van der Waals surface area contributed by atoms with Gasteiger partial charge < -0.3 is 10.1 Å². The van der Waals surface area contributed by atoms with Crippen LogP contribution in [0.15, 0.2) is 70.2 Å². The van der Waals surface area contributed by atoms with E-state index in [0.717, 1.165) is 15.6 Å². The SMILES string of the molecule is O=C(NCc1cc(-c2cccc(Br)c2)ccn1)c1ccc2c(c1)S(=O)(=O)CCOC2. The summed E-state index contributed by atoms with van der Waals surface area (Å²) in [5, 5.41) is 2.82. The summed E-state index contributed by atoms with van der Waals surface area (Å²) in [5.41, 5.74) is 3.61. The van der Waals surface area contributed by atoms with E-state index >= 15 is 0 Å². The molecular weight excluding hydrogens is 468 g/mol. The van der Waals surface area contributed by atoms with Crippen LogP contribution < -0.4 is 5.32 Å². The first-order valence-corrected chi connectivity index (χ1v) is 11.8. The van der Waals surface area contributed by atoms with E-state index in [9.17, 15) is 13.2 Å². The summed E-state index contributed by atoms with van der Waals surface area (Å²) < 4.78 is 31.1. The molecule has 6 nitrogen and oxygen atoms in total. The highest BCUT2D eigenvalue weighted by Gasteiger charge is 2.23. The molecule has 1 aliphatic rings. The summed E-state index contributed by atoms with van der Waals surface area (Å²) >= 11 is 3.47. The van der Waals surface area contributed by atoms with E-state index in [1.165, 1.54) is 6.07 Å². The third kappa shape index (κ3) is 4.61. The molecule has 2 aromatic carbocycles. The van der Waals surface area contributed by atoms with Gasteiger partial charge in [-0.05, 0) is 53.1 Å². The molecule has 3 aromatic rings. The van der Waals surface area contributed by atoms with Crippen LogP contribution in [0.4, 0.5) is 0 Å². The van der Waals surface area contributed by atoms with Gasteiger partial charge in [0.15, 0.2) is 9.84 Å². The number of ether oxygens (including phenoxy) is 1. The molecule has 30 heavy (non-hydrogen) atoms. The Morgan fingerprint density at radius 1 is 1.10 bits per heavy atom. The Kier molecular flexibility index (Phi) is 5.99. The summed E-state index contributed by atoms with van der Waals surface area (Å²) in [5.74, 6) is -0.440. The normalized spacial score (nSPS) is 15.1. The molecule has 154 valence electrons. The summed E-state index contributed by atoms with van der Waals surface area (Å²) in [6.07, 6.45) is 1.70. The average Bonchev–Trinajstić information content (AvgIpc) is 2.90. The minimum atomic E-state index is -3.46. The molecule has 0 saturated heterocycles. The molecule has 0 fully saturated rings. The first-order valence-electron chi connectivity index (χ1n) is 9.35. The Hall–Kier alpha value is -2.55. The van der Waals surface area contributed by atoms with Crippen molar-refractivity contribution in [3.8, 4) is 11.1 Å². The average molecular weight is 487 g/mol. The molecular formula is C22H19BrN2O4S. The highest BCUT2D eigenvalue weighted by atomic mass is 79.9. The Morgan fingerprint density at radius 2 is 1.93 bits per heavy atom. The van der Waals surface area contributed by atoms with E-state index in [1.807, 2.05) is 36.4 Å². The number of carbonyl (C=O) groups is 1. The quantitative estimate of drug-likeness (QED) is 0.606. The number of nitrogens with one attached hydrogen (secondary N) is 1. The molecule has 0 radical (unpaired) electrons. The summed E-state index contributed by atoms with van der Waals surface area (Å²) in [6.45, 7) is 0.606. The van der Waals surface area contributed by atoms with Crippen molar-refractivity contribution in [2.24, 2.45) is 0 Å². The number of aromatic nitrogens is 1. The standard InChI is InChI=1S/C22H19BrN2O4S/c23-19-3-1-2-15(10-19)16-6-7-24-20(11-16)13-25-22(26)17-4-5-18-14-29-8-9-30(27,28)21(18)12-17/h1-7,10-12H,8-9,13-14H2,(H,25,26). The number of nitrogens with zero attached hydrogens (tertiary/aromatic N) is 1. The van der Waals surface area contributed by atoms with E-state index in [4.69, 9.17) is 4.74 Å². The zero-order valence-electron chi connectivity index (χ0n) is 16.0. The highest BCUT2D eigenvalue weighted by molar-refractivity contribution is 9.10. The van der Waals surface area contributed by atoms with E-state index in [0.29, 0.717) is 16.8 Å². The predicted molar refractivity (Wildman–Crippen MR) is 117 cm³/mol. The van der Waals surface area contributed by atoms with Gasteiger partial charge in [-0.2, -0.15) is 0 Å². The number of pyridine rings is 1. The van der Waals surface area contributed by atoms with Crippen LogP contribution in [0, 0.1) is 0 Å². The molecule has 0 spiro atoms. The number of carbonyl (C=O) groups excluding carboxylic acids is 1. The smallest absolute Gasteiger partial charge is 0.251 e. The maximum absolute atomic E-state index is 12.6. The Morgan fingerprint density at radius 3 is 2.77 bits per heavy atom. The zero-order chi connectivity index (χ0) is 21.1. The third-order valence-electron chi connectivity index (χ3n) is 4.82. The number of halogens is 1. The van der Waals surface area contributed by atoms with Crippen molar-refractivity contribution in [2.75, 3.05) is 12.4 Å². The minimum Gasteiger partial charge on any atom is -0.376 e. The van der Waals surface area contributed by atoms with E-state index in [2.05, 4.69) is 26.2 Å². The molecule has 0 aliphatic carbocycles. The van der Waals surface area contributed by atoms with Crippen LogP contribution in [-0.2, 0) is 27.7 Å². The van der Waals surface area contributed by atoms with Crippen LogP contribution in [0.3, 0.4) is 0 Å². The van der Waals surface area contributed by atoms with Gasteiger partial charge in [0.2, 0.25) is 0 Å². The lowest BCUT2D eigenvalue weighted by molar-refractivity contribution is 0.0950. The molecule has 1 aliphatic heterocycles. The largest absolute Gasteiger partial charge is 0.376 e. The second-order valence-corrected chi connectivity index (χ2v) is 9.92. The zero-order valence-corrected chi connectivity index (χ0v) is 18.4. The van der Waals surface area contributed by atoms with Gasteiger partial charge in [-0.3, -0.25) is 9.78 Å². The molecule has 4 rings (SSSR count). The van der Waals surface area contributed by atoms with Gasteiger partial charge in [-0.15, -0.1) is 0 Å². The van der Waals surface area contributed by atoms with Crippen molar-refractivity contribution in [3.63, 3.8) is 0 Å². The van der Waals surface area contributed by atoms with Gasteiger partial charge in [-0.1, -0.05) is 34.1 Å². The number of fused-ring (bicyclic) bond motifs is 1. The molecule has 0 bridgehead atoms. The van der Waals surface area contributed by atoms with E-state index in [-0.39, 0.29) is 36.3 Å². The van der Waals surface area contributed by atoms with Gasteiger partial charge in [-0.25, -0.2) is 8.42 Å². The van der Waals surface area contributed by atoms with Crippen LogP contribution in [0.1, 0.15) is 21.6 Å². The van der Waals surface area contributed by atoms with Crippen molar-refractivity contribution < 1.29 is 17.9 Å². The molecule has 1 N–H and O–H groups in total. The fraction of sp³-hybridized carbons (Fsp3) is 0.182. The molecule has 0 unspecified atom stereocenters. The van der Waals surface area contributed by atoms with E-state index < -0.39 is 9.84 Å². The summed E-state index contributed by atoms with van der Waals surface area (Å²) in [6, 6.07) is 16.4. The van der Waals surface area contributed by atoms with E-state index in [1.54, 1.807) is 18.3 Å². The predicted octanol–water partition coefficient (Wildman–Crippen LogP) is 3.75. The lowest BCUT2D eigenvalue weighted by atomic mass is 10.1. The lowest BCUT2D eigenvalue weighted by Crippen LogP contribution is -2.23. The summed E-state index contributed by atoms with van der Waals surface area (Å²) in [4.78, 5) is 17.1. The first-order chi connectivity index (χ1) is 14.4. The molecule has 0 saturated carbocycles. The van der Waals surface area contributed by atoms with Crippen LogP contribution in [0.25, 0.3) is 11.1 Å². The minimum absolute atomic E-state index is 0.0859. The van der Waals surface area contributed by atoms with Gasteiger partial charge in [0, 0.05) is 16.2 Å². The van der Waals surface area contributed by atoms with Crippen molar-refractivity contribution >= 4 is 31.7 Å². The number of sulfone groups is 1. The Balaban J connectivity index is 1.51. The number of hydrogen-bond acceptors (Lipinski definition) is 5. The molecule has 0 atom stereocenters. The first kappa shape index (κ1) is 20.7.